The molecule has 2 aromatic rings. The Morgan fingerprint density at radius 3 is 3.08 bits per heavy atom. The van der Waals surface area contributed by atoms with Gasteiger partial charge >= 0.3 is 0 Å². The van der Waals surface area contributed by atoms with E-state index >= 15 is 0 Å². The molecule has 0 bridgehead atoms. The summed E-state index contributed by atoms with van der Waals surface area (Å²) in [7, 11) is 0. The zero-order chi connectivity index (χ0) is 9.10. The number of hydrogen-bond donors (Lipinski definition) is 0. The van der Waals surface area contributed by atoms with Crippen LogP contribution in [0.25, 0.3) is 0 Å². The third-order valence-corrected chi connectivity index (χ3v) is 2.77. The van der Waals surface area contributed by atoms with Gasteiger partial charge in [0.25, 0.3) is 0 Å². The fourth-order valence-electron chi connectivity index (χ4n) is 1.02. The van der Waals surface area contributed by atoms with E-state index in [-0.39, 0.29) is 0 Å². The summed E-state index contributed by atoms with van der Waals surface area (Å²) in [5, 5.41) is 3.05. The molecule has 0 aliphatic carbocycles. The van der Waals surface area contributed by atoms with Gasteiger partial charge in [-0.2, -0.15) is 0 Å². The van der Waals surface area contributed by atoms with E-state index in [1.807, 2.05) is 16.1 Å². The first-order valence-corrected chi connectivity index (χ1v) is 5.25. The molecule has 0 saturated heterocycles. The molecule has 0 atom stereocenters. The predicted molar refractivity (Wildman–Crippen MR) is 53.0 cm³/mol. The molecule has 2 heterocycles. The van der Waals surface area contributed by atoms with Crippen molar-refractivity contribution in [2.24, 2.45) is 0 Å². The van der Waals surface area contributed by atoms with Crippen LogP contribution in [-0.2, 0) is 12.4 Å². The van der Waals surface area contributed by atoms with E-state index in [2.05, 4.69) is 9.97 Å². The normalized spacial score (nSPS) is 10.5. The molecule has 0 aromatic carbocycles. The Kier molecular flexibility index (Phi) is 2.61. The maximum absolute atomic E-state index is 5.65. The third kappa shape index (κ3) is 2.08. The van der Waals surface area contributed by atoms with Crippen LogP contribution in [-0.4, -0.2) is 14.5 Å². The highest BCUT2D eigenvalue weighted by Gasteiger charge is 2.00. The maximum Gasteiger partial charge on any atom is 0.113 e. The SMILES string of the molecule is ClCc1csc(Cn2ccnc2)n1. The highest BCUT2D eigenvalue weighted by molar-refractivity contribution is 7.09. The highest BCUT2D eigenvalue weighted by atomic mass is 35.5. The molecule has 0 fully saturated rings. The van der Waals surface area contributed by atoms with Crippen LogP contribution in [0.5, 0.6) is 0 Å². The second-order valence-corrected chi connectivity index (χ2v) is 3.81. The molecule has 0 radical (unpaired) electrons. The molecule has 68 valence electrons. The van der Waals surface area contributed by atoms with Crippen molar-refractivity contribution in [2.75, 3.05) is 0 Å². The molecule has 0 spiro atoms. The van der Waals surface area contributed by atoms with Crippen LogP contribution in [0.2, 0.25) is 0 Å². The van der Waals surface area contributed by atoms with Crippen molar-refractivity contribution >= 4 is 22.9 Å². The summed E-state index contributed by atoms with van der Waals surface area (Å²) in [6.45, 7) is 0.779. The van der Waals surface area contributed by atoms with Gasteiger partial charge in [-0.05, 0) is 0 Å². The van der Waals surface area contributed by atoms with Crippen molar-refractivity contribution in [1.82, 2.24) is 14.5 Å². The van der Waals surface area contributed by atoms with E-state index in [1.54, 1.807) is 23.9 Å². The molecule has 0 saturated carbocycles. The minimum Gasteiger partial charge on any atom is -0.331 e. The Hall–Kier alpha value is -0.870. The molecule has 2 rings (SSSR count). The number of hydrogen-bond acceptors (Lipinski definition) is 3. The molecule has 5 heteroatoms. The van der Waals surface area contributed by atoms with E-state index in [4.69, 9.17) is 11.6 Å². The first-order valence-electron chi connectivity index (χ1n) is 3.83. The first kappa shape index (κ1) is 8.72. The van der Waals surface area contributed by atoms with Crippen LogP contribution in [0.15, 0.2) is 24.1 Å². The van der Waals surface area contributed by atoms with E-state index in [0.29, 0.717) is 5.88 Å². The average Bonchev–Trinajstić information content (AvgIpc) is 2.76. The van der Waals surface area contributed by atoms with Gasteiger partial charge in [-0.25, -0.2) is 9.97 Å². The topological polar surface area (TPSA) is 30.7 Å². The summed E-state index contributed by atoms with van der Waals surface area (Å²) < 4.78 is 1.98. The lowest BCUT2D eigenvalue weighted by molar-refractivity contribution is 0.787. The molecular weight excluding hydrogens is 206 g/mol. The summed E-state index contributed by atoms with van der Waals surface area (Å²) in [4.78, 5) is 8.30. The van der Waals surface area contributed by atoms with Crippen molar-refractivity contribution in [2.45, 2.75) is 12.4 Å². The van der Waals surface area contributed by atoms with Gasteiger partial charge in [0, 0.05) is 17.8 Å². The van der Waals surface area contributed by atoms with Crippen LogP contribution in [0, 0.1) is 0 Å². The fraction of sp³-hybridized carbons (Fsp3) is 0.250. The standard InChI is InChI=1S/C8H8ClN3S/c9-3-7-5-13-8(11-7)4-12-2-1-10-6-12/h1-2,5-6H,3-4H2. The summed E-state index contributed by atoms with van der Waals surface area (Å²) in [6.07, 6.45) is 5.46. The van der Waals surface area contributed by atoms with Crippen molar-refractivity contribution in [3.05, 3.63) is 34.8 Å². The number of alkyl halides is 1. The third-order valence-electron chi connectivity index (χ3n) is 1.61. The Morgan fingerprint density at radius 2 is 2.46 bits per heavy atom. The van der Waals surface area contributed by atoms with Gasteiger partial charge in [0.1, 0.15) is 5.01 Å². The molecule has 3 nitrogen and oxygen atoms in total. The lowest BCUT2D eigenvalue weighted by Crippen LogP contribution is -1.95. The maximum atomic E-state index is 5.65. The molecule has 13 heavy (non-hydrogen) atoms. The Morgan fingerprint density at radius 1 is 1.54 bits per heavy atom. The van der Waals surface area contributed by atoms with Crippen LogP contribution in [0.3, 0.4) is 0 Å². The highest BCUT2D eigenvalue weighted by Crippen LogP contribution is 2.12. The zero-order valence-corrected chi connectivity index (χ0v) is 8.42. The molecule has 0 aliphatic heterocycles. The van der Waals surface area contributed by atoms with E-state index in [0.717, 1.165) is 17.2 Å². The summed E-state index contributed by atoms with van der Waals surface area (Å²) in [6, 6.07) is 0. The Labute approximate surface area is 85.0 Å². The number of imidazole rings is 1. The Bertz CT molecular complexity index is 368. The zero-order valence-electron chi connectivity index (χ0n) is 6.85. The quantitative estimate of drug-likeness (QED) is 0.732. The van der Waals surface area contributed by atoms with Crippen LogP contribution >= 0.6 is 22.9 Å². The van der Waals surface area contributed by atoms with Gasteiger partial charge in [-0.15, -0.1) is 22.9 Å². The number of aromatic nitrogens is 3. The van der Waals surface area contributed by atoms with Crippen molar-refractivity contribution < 1.29 is 0 Å². The lowest BCUT2D eigenvalue weighted by atomic mass is 10.5. The molecule has 0 unspecified atom stereocenters. The van der Waals surface area contributed by atoms with Crippen molar-refractivity contribution in [1.29, 1.82) is 0 Å². The average molecular weight is 214 g/mol. The van der Waals surface area contributed by atoms with E-state index < -0.39 is 0 Å². The molecule has 0 amide bonds. The van der Waals surface area contributed by atoms with Gasteiger partial charge < -0.3 is 4.57 Å². The van der Waals surface area contributed by atoms with Crippen LogP contribution in [0.4, 0.5) is 0 Å². The molecule has 2 aromatic heterocycles. The smallest absolute Gasteiger partial charge is 0.113 e. The molecular formula is C8H8ClN3S. The van der Waals surface area contributed by atoms with Gasteiger partial charge in [0.2, 0.25) is 0 Å². The number of halogens is 1. The summed E-state index contributed by atoms with van der Waals surface area (Å²) >= 11 is 7.28. The van der Waals surface area contributed by atoms with Crippen molar-refractivity contribution in [3.8, 4) is 0 Å². The minimum atomic E-state index is 0.487. The number of nitrogens with zero attached hydrogens (tertiary/aromatic N) is 3. The van der Waals surface area contributed by atoms with E-state index in [9.17, 15) is 0 Å². The number of thiazole rings is 1. The number of rotatable bonds is 3. The van der Waals surface area contributed by atoms with Gasteiger partial charge in [-0.1, -0.05) is 0 Å². The fourth-order valence-corrected chi connectivity index (χ4v) is 2.05. The predicted octanol–water partition coefficient (Wildman–Crippen LogP) is 2.13. The largest absolute Gasteiger partial charge is 0.331 e. The van der Waals surface area contributed by atoms with Crippen molar-refractivity contribution in [3.63, 3.8) is 0 Å². The van der Waals surface area contributed by atoms with E-state index in [1.165, 1.54) is 0 Å². The second-order valence-electron chi connectivity index (χ2n) is 2.60. The van der Waals surface area contributed by atoms with Crippen LogP contribution in [0.1, 0.15) is 10.7 Å². The van der Waals surface area contributed by atoms with Crippen LogP contribution < -0.4 is 0 Å². The minimum absolute atomic E-state index is 0.487. The second kappa shape index (κ2) is 3.89. The Balaban J connectivity index is 2.10. The first-order chi connectivity index (χ1) is 6.38. The molecule has 0 N–H and O–H groups in total. The van der Waals surface area contributed by atoms with Gasteiger partial charge in [0.15, 0.2) is 0 Å². The lowest BCUT2D eigenvalue weighted by Gasteiger charge is -1.95. The summed E-state index contributed by atoms with van der Waals surface area (Å²) in [5.41, 5.74) is 0.946. The monoisotopic (exact) mass is 213 g/mol. The molecule has 0 aliphatic rings. The summed E-state index contributed by atoms with van der Waals surface area (Å²) in [5.74, 6) is 0.487. The van der Waals surface area contributed by atoms with Gasteiger partial charge in [-0.3, -0.25) is 0 Å². The van der Waals surface area contributed by atoms with Gasteiger partial charge in [0.05, 0.1) is 24.4 Å².